The van der Waals surface area contributed by atoms with Gasteiger partial charge < -0.3 is 4.74 Å². The van der Waals surface area contributed by atoms with E-state index in [2.05, 4.69) is 15.3 Å². The Labute approximate surface area is 136 Å². The highest BCUT2D eigenvalue weighted by Gasteiger charge is 2.11. The normalized spacial score (nSPS) is 10.7. The summed E-state index contributed by atoms with van der Waals surface area (Å²) in [7, 11) is 1.19. The molecular formula is C17H14F2N2O3. The van der Waals surface area contributed by atoms with Crippen LogP contribution >= 0.6 is 0 Å². The van der Waals surface area contributed by atoms with E-state index in [1.54, 1.807) is 13.0 Å². The number of carbonyl (C=O) groups excluding carboxylic acids is 2. The van der Waals surface area contributed by atoms with E-state index in [0.717, 1.165) is 12.3 Å². The topological polar surface area (TPSA) is 67.8 Å². The first kappa shape index (κ1) is 17.3. The van der Waals surface area contributed by atoms with Gasteiger partial charge in [0.25, 0.3) is 5.91 Å². The summed E-state index contributed by atoms with van der Waals surface area (Å²) in [5.74, 6) is -2.80. The molecule has 0 spiro atoms. The summed E-state index contributed by atoms with van der Waals surface area (Å²) < 4.78 is 32.0. The summed E-state index contributed by atoms with van der Waals surface area (Å²) in [5.41, 5.74) is 2.73. The largest absolute Gasteiger partial charge is 0.465 e. The van der Waals surface area contributed by atoms with Crippen LogP contribution < -0.4 is 5.43 Å². The van der Waals surface area contributed by atoms with Crippen LogP contribution in [-0.4, -0.2) is 25.2 Å². The van der Waals surface area contributed by atoms with E-state index >= 15 is 0 Å². The molecule has 2 aromatic carbocycles. The predicted molar refractivity (Wildman–Crippen MR) is 83.9 cm³/mol. The minimum atomic E-state index is -0.754. The maximum atomic E-state index is 13.8. The molecule has 0 saturated carbocycles. The van der Waals surface area contributed by atoms with E-state index in [0.29, 0.717) is 5.56 Å². The molecule has 0 aliphatic heterocycles. The first-order chi connectivity index (χ1) is 11.4. The molecule has 0 bridgehead atoms. The molecular weight excluding hydrogens is 318 g/mol. The Hall–Kier alpha value is -3.09. The summed E-state index contributed by atoms with van der Waals surface area (Å²) in [6.07, 6.45) is 1.06. The highest BCUT2D eigenvalue weighted by Crippen LogP contribution is 2.11. The zero-order chi connectivity index (χ0) is 17.7. The minimum absolute atomic E-state index is 0.0485. The third kappa shape index (κ3) is 4.01. The lowest BCUT2D eigenvalue weighted by Crippen LogP contribution is -2.19. The number of esters is 1. The Morgan fingerprint density at radius 3 is 2.50 bits per heavy atom. The van der Waals surface area contributed by atoms with Crippen molar-refractivity contribution in [1.29, 1.82) is 0 Å². The van der Waals surface area contributed by atoms with Gasteiger partial charge in [0.2, 0.25) is 0 Å². The molecule has 7 heteroatoms. The number of hydrogen-bond donors (Lipinski definition) is 1. The molecule has 24 heavy (non-hydrogen) atoms. The van der Waals surface area contributed by atoms with Gasteiger partial charge in [0.15, 0.2) is 0 Å². The van der Waals surface area contributed by atoms with Crippen LogP contribution in [-0.2, 0) is 4.74 Å². The predicted octanol–water partition coefficient (Wildman–Crippen LogP) is 2.82. The average Bonchev–Trinajstić information content (AvgIpc) is 2.55. The molecule has 0 aliphatic rings. The third-order valence-corrected chi connectivity index (χ3v) is 3.16. The third-order valence-electron chi connectivity index (χ3n) is 3.16. The molecule has 2 rings (SSSR count). The number of hydrogen-bond acceptors (Lipinski definition) is 4. The fraction of sp³-hybridized carbons (Fsp3) is 0.118. The SMILES string of the molecule is COC(=O)c1ccc(/C=N/NC(=O)c2ccc(C)cc2F)c(F)c1. The van der Waals surface area contributed by atoms with E-state index in [9.17, 15) is 18.4 Å². The van der Waals surface area contributed by atoms with Crippen molar-refractivity contribution in [3.8, 4) is 0 Å². The van der Waals surface area contributed by atoms with Gasteiger partial charge in [0, 0.05) is 5.56 Å². The van der Waals surface area contributed by atoms with Gasteiger partial charge in [-0.05, 0) is 42.8 Å². The quantitative estimate of drug-likeness (QED) is 0.532. The molecule has 0 aromatic heterocycles. The van der Waals surface area contributed by atoms with Crippen molar-refractivity contribution in [2.45, 2.75) is 6.92 Å². The van der Waals surface area contributed by atoms with Gasteiger partial charge in [-0.3, -0.25) is 4.79 Å². The molecule has 5 nitrogen and oxygen atoms in total. The Morgan fingerprint density at radius 1 is 1.12 bits per heavy atom. The van der Waals surface area contributed by atoms with Crippen LogP contribution in [0.1, 0.15) is 31.8 Å². The monoisotopic (exact) mass is 332 g/mol. The first-order valence-electron chi connectivity index (χ1n) is 6.90. The van der Waals surface area contributed by atoms with Crippen molar-refractivity contribution in [1.82, 2.24) is 5.43 Å². The molecule has 0 aliphatic carbocycles. The summed E-state index contributed by atoms with van der Waals surface area (Å²) in [6, 6.07) is 7.81. The average molecular weight is 332 g/mol. The standard InChI is InChI=1S/C17H14F2N2O3/c1-10-3-6-13(15(19)7-10)16(22)21-20-9-12-5-4-11(8-14(12)18)17(23)24-2/h3-9H,1-2H3,(H,21,22)/b20-9+. The number of amides is 1. The molecule has 0 saturated heterocycles. The number of carbonyl (C=O) groups is 2. The number of methoxy groups -OCH3 is 1. The van der Waals surface area contributed by atoms with Crippen LogP contribution in [0.25, 0.3) is 0 Å². The molecule has 1 N–H and O–H groups in total. The lowest BCUT2D eigenvalue weighted by atomic mass is 10.1. The maximum absolute atomic E-state index is 13.8. The van der Waals surface area contributed by atoms with E-state index in [4.69, 9.17) is 0 Å². The molecule has 2 aromatic rings. The van der Waals surface area contributed by atoms with Gasteiger partial charge in [-0.25, -0.2) is 19.0 Å². The number of nitrogens with zero attached hydrogens (tertiary/aromatic N) is 1. The fourth-order valence-corrected chi connectivity index (χ4v) is 1.90. The van der Waals surface area contributed by atoms with Gasteiger partial charge in [-0.15, -0.1) is 0 Å². The highest BCUT2D eigenvalue weighted by atomic mass is 19.1. The summed E-state index contributed by atoms with van der Waals surface area (Å²) >= 11 is 0. The molecule has 0 heterocycles. The van der Waals surface area contributed by atoms with Crippen LogP contribution in [0.3, 0.4) is 0 Å². The Bertz CT molecular complexity index is 819. The Balaban J connectivity index is 2.08. The van der Waals surface area contributed by atoms with E-state index in [1.807, 2.05) is 0 Å². The number of aryl methyl sites for hydroxylation is 1. The molecule has 0 fully saturated rings. The Kier molecular flexibility index (Phi) is 5.36. The second-order valence-electron chi connectivity index (χ2n) is 4.91. The van der Waals surface area contributed by atoms with Crippen LogP contribution in [0.4, 0.5) is 8.78 Å². The van der Waals surface area contributed by atoms with Crippen molar-refractivity contribution in [2.75, 3.05) is 7.11 Å². The van der Waals surface area contributed by atoms with Crippen LogP contribution in [0, 0.1) is 18.6 Å². The van der Waals surface area contributed by atoms with E-state index in [-0.39, 0.29) is 16.7 Å². The molecule has 1 amide bonds. The summed E-state index contributed by atoms with van der Waals surface area (Å²) in [4.78, 5) is 23.1. The van der Waals surface area contributed by atoms with E-state index < -0.39 is 23.5 Å². The number of nitrogens with one attached hydrogen (secondary N) is 1. The maximum Gasteiger partial charge on any atom is 0.337 e. The van der Waals surface area contributed by atoms with Gasteiger partial charge >= 0.3 is 5.97 Å². The number of halogens is 2. The second kappa shape index (κ2) is 7.45. The fourth-order valence-electron chi connectivity index (χ4n) is 1.90. The number of rotatable bonds is 4. The van der Waals surface area contributed by atoms with E-state index in [1.165, 1.54) is 31.4 Å². The van der Waals surface area contributed by atoms with Crippen LogP contribution in [0.15, 0.2) is 41.5 Å². The zero-order valence-electron chi connectivity index (χ0n) is 13.0. The summed E-state index contributed by atoms with van der Waals surface area (Å²) in [6.45, 7) is 1.70. The highest BCUT2D eigenvalue weighted by molar-refractivity contribution is 5.95. The summed E-state index contributed by atoms with van der Waals surface area (Å²) in [5, 5.41) is 3.59. The van der Waals surface area contributed by atoms with Gasteiger partial charge in [0.1, 0.15) is 11.6 Å². The lowest BCUT2D eigenvalue weighted by Gasteiger charge is -2.03. The van der Waals surface area contributed by atoms with Crippen molar-refractivity contribution in [3.05, 3.63) is 70.3 Å². The number of ether oxygens (including phenoxy) is 1. The van der Waals surface area contributed by atoms with Crippen molar-refractivity contribution >= 4 is 18.1 Å². The van der Waals surface area contributed by atoms with Gasteiger partial charge in [-0.1, -0.05) is 6.07 Å². The number of benzene rings is 2. The molecule has 0 radical (unpaired) electrons. The van der Waals surface area contributed by atoms with Crippen LogP contribution in [0.5, 0.6) is 0 Å². The minimum Gasteiger partial charge on any atom is -0.465 e. The second-order valence-corrected chi connectivity index (χ2v) is 4.91. The molecule has 124 valence electrons. The van der Waals surface area contributed by atoms with Crippen LogP contribution in [0.2, 0.25) is 0 Å². The van der Waals surface area contributed by atoms with Crippen molar-refractivity contribution in [2.24, 2.45) is 5.10 Å². The number of hydrazone groups is 1. The lowest BCUT2D eigenvalue weighted by molar-refractivity contribution is 0.0600. The van der Waals surface area contributed by atoms with Gasteiger partial charge in [-0.2, -0.15) is 5.10 Å². The molecule has 0 unspecified atom stereocenters. The smallest absolute Gasteiger partial charge is 0.337 e. The zero-order valence-corrected chi connectivity index (χ0v) is 13.0. The van der Waals surface area contributed by atoms with Gasteiger partial charge in [0.05, 0.1) is 24.5 Å². The molecule has 0 atom stereocenters. The van der Waals surface area contributed by atoms with Crippen molar-refractivity contribution < 1.29 is 23.1 Å². The first-order valence-corrected chi connectivity index (χ1v) is 6.90. The van der Waals surface area contributed by atoms with Crippen molar-refractivity contribution in [3.63, 3.8) is 0 Å². The Morgan fingerprint density at radius 2 is 1.88 bits per heavy atom.